The molecule has 0 radical (unpaired) electrons. The van der Waals surface area contributed by atoms with Crippen molar-refractivity contribution in [3.63, 3.8) is 0 Å². The summed E-state index contributed by atoms with van der Waals surface area (Å²) in [5, 5.41) is 87.3. The molecule has 2 aliphatic heterocycles. The van der Waals surface area contributed by atoms with E-state index in [1.54, 1.807) is 0 Å². The third-order valence-corrected chi connectivity index (χ3v) is 7.38. The van der Waals surface area contributed by atoms with Crippen LogP contribution in [0.5, 0.6) is 0 Å². The average Bonchev–Trinajstić information content (AvgIpc) is 3.09. The van der Waals surface area contributed by atoms with E-state index in [-0.39, 0.29) is 18.8 Å². The lowest BCUT2D eigenvalue weighted by atomic mass is 9.96. The number of aliphatic hydroxyl groups is 6. The topological polar surface area (TPSA) is 323 Å². The lowest BCUT2D eigenvalue weighted by Crippen LogP contribution is -2.66. The van der Waals surface area contributed by atoms with E-state index in [9.17, 15) is 54.6 Å². The summed E-state index contributed by atoms with van der Waals surface area (Å²) in [6.07, 6.45) is -17.1. The maximum absolute atomic E-state index is 14.1. The van der Waals surface area contributed by atoms with Crippen molar-refractivity contribution in [3.8, 4) is 0 Å². The van der Waals surface area contributed by atoms with Gasteiger partial charge in [-0.1, -0.05) is 6.08 Å². The predicted molar refractivity (Wildman–Crippen MR) is 164 cm³/mol. The van der Waals surface area contributed by atoms with Crippen LogP contribution in [0.25, 0.3) is 0 Å². The summed E-state index contributed by atoms with van der Waals surface area (Å²) in [5.74, 6) is -5.33. The third-order valence-electron chi connectivity index (χ3n) is 7.38. The number of aliphatic carboxylic acids is 2. The maximum atomic E-state index is 14.1. The summed E-state index contributed by atoms with van der Waals surface area (Å²) >= 11 is 0. The number of nitrogens with one attached hydrogen (secondary N) is 3. The van der Waals surface area contributed by atoms with Gasteiger partial charge in [0.2, 0.25) is 11.8 Å². The lowest BCUT2D eigenvalue weighted by Gasteiger charge is -2.46. The Morgan fingerprint density at radius 1 is 0.800 bits per heavy atom. The number of rotatable bonds is 17. The molecule has 278 valence electrons. The fraction of sp³-hybridized carbons (Fsp3) is 0.552. The normalized spacial score (nSPS) is 29.3. The molecule has 3 rings (SSSR count). The zero-order valence-corrected chi connectivity index (χ0v) is 26.3. The van der Waals surface area contributed by atoms with Crippen LogP contribution in [0.4, 0.5) is 11.4 Å². The second kappa shape index (κ2) is 18.6. The minimum Gasteiger partial charge on any atom is -0.480 e. The maximum Gasteiger partial charge on any atom is 0.322 e. The standard InChI is InChI=1S/C29H40N4O17/c1-2-7-47-28-24(45)25(49-29-22(43)21(42)20(41)15(12-34)48-29)23(44)26(50-28)27(46)33(11-17(36)32-10-19(39)40)14-5-3-13(4-6-14)30-8-16(35)31-9-18(37)38/h2-6,15,20-26,28-30,34,41-45H,1,7-12H2,(H,31,35)(H,32,36)(H,37,38)(H,39,40)/t15-,20-,21+,22+,23+,24-,25+,26+,28-,29-/m1/s1. The highest BCUT2D eigenvalue weighted by molar-refractivity contribution is 6.02. The Morgan fingerprint density at radius 3 is 2.00 bits per heavy atom. The van der Waals surface area contributed by atoms with Gasteiger partial charge in [-0.15, -0.1) is 6.58 Å². The molecule has 0 aromatic heterocycles. The first kappa shape index (κ1) is 40.1. The molecule has 0 bridgehead atoms. The summed E-state index contributed by atoms with van der Waals surface area (Å²) in [6.45, 7) is -0.102. The second-order valence-electron chi connectivity index (χ2n) is 11.0. The molecule has 2 aliphatic rings. The van der Waals surface area contributed by atoms with E-state index >= 15 is 0 Å². The van der Waals surface area contributed by atoms with Crippen LogP contribution in [-0.2, 0) is 42.9 Å². The number of ether oxygens (including phenoxy) is 4. The number of aliphatic hydroxyl groups excluding tert-OH is 6. The molecule has 50 heavy (non-hydrogen) atoms. The van der Waals surface area contributed by atoms with Crippen LogP contribution in [0.15, 0.2) is 36.9 Å². The van der Waals surface area contributed by atoms with Crippen molar-refractivity contribution in [2.24, 2.45) is 0 Å². The van der Waals surface area contributed by atoms with Crippen LogP contribution < -0.4 is 20.9 Å². The zero-order valence-electron chi connectivity index (χ0n) is 26.3. The van der Waals surface area contributed by atoms with Gasteiger partial charge in [-0.3, -0.25) is 24.0 Å². The van der Waals surface area contributed by atoms with Gasteiger partial charge >= 0.3 is 11.9 Å². The number of hydrogen-bond donors (Lipinski definition) is 11. The van der Waals surface area contributed by atoms with E-state index in [4.69, 9.17) is 29.2 Å². The first-order valence-corrected chi connectivity index (χ1v) is 15.0. The first-order valence-electron chi connectivity index (χ1n) is 15.0. The fourth-order valence-corrected chi connectivity index (χ4v) is 4.84. The van der Waals surface area contributed by atoms with Gasteiger partial charge in [0.15, 0.2) is 18.7 Å². The molecule has 1 aromatic carbocycles. The highest BCUT2D eigenvalue weighted by Gasteiger charge is 2.53. The van der Waals surface area contributed by atoms with Gasteiger partial charge in [-0.25, -0.2) is 0 Å². The Balaban J connectivity index is 1.90. The van der Waals surface area contributed by atoms with Crippen LogP contribution in [0.3, 0.4) is 0 Å². The third kappa shape index (κ3) is 10.6. The van der Waals surface area contributed by atoms with E-state index in [1.807, 2.05) is 0 Å². The molecule has 11 N–H and O–H groups in total. The molecule has 0 unspecified atom stereocenters. The molecule has 10 atom stereocenters. The van der Waals surface area contributed by atoms with Crippen molar-refractivity contribution < 1.29 is 83.8 Å². The Bertz CT molecular complexity index is 1350. The van der Waals surface area contributed by atoms with Crippen molar-refractivity contribution in [2.75, 3.05) is 49.6 Å². The molecular weight excluding hydrogens is 676 g/mol. The Hall–Kier alpha value is -4.29. The zero-order chi connectivity index (χ0) is 37.1. The number of carbonyl (C=O) groups excluding carboxylic acids is 3. The first-order chi connectivity index (χ1) is 23.7. The Kier molecular flexibility index (Phi) is 15.0. The van der Waals surface area contributed by atoms with E-state index in [2.05, 4.69) is 22.5 Å². The molecule has 1 aromatic rings. The average molecular weight is 717 g/mol. The molecule has 0 saturated carbocycles. The number of anilines is 2. The Labute approximate surface area is 283 Å². The highest BCUT2D eigenvalue weighted by atomic mass is 16.7. The molecule has 21 nitrogen and oxygen atoms in total. The van der Waals surface area contributed by atoms with Crippen LogP contribution in [0.1, 0.15) is 0 Å². The monoisotopic (exact) mass is 716 g/mol. The quantitative estimate of drug-likeness (QED) is 0.0671. The molecule has 2 saturated heterocycles. The molecule has 0 aliphatic carbocycles. The highest BCUT2D eigenvalue weighted by Crippen LogP contribution is 2.31. The van der Waals surface area contributed by atoms with Crippen LogP contribution >= 0.6 is 0 Å². The fourth-order valence-electron chi connectivity index (χ4n) is 4.84. The minimum absolute atomic E-state index is 0.00163. The number of carboxylic acids is 2. The summed E-state index contributed by atoms with van der Waals surface area (Å²) in [5.41, 5.74) is 0.322. The summed E-state index contributed by atoms with van der Waals surface area (Å²) in [4.78, 5) is 61.1. The minimum atomic E-state index is -2.09. The van der Waals surface area contributed by atoms with E-state index in [1.165, 1.54) is 30.3 Å². The number of carboxylic acid groups (broad SMARTS) is 2. The van der Waals surface area contributed by atoms with Crippen molar-refractivity contribution in [2.45, 2.75) is 61.4 Å². The van der Waals surface area contributed by atoms with Gasteiger partial charge in [0, 0.05) is 11.4 Å². The van der Waals surface area contributed by atoms with Crippen LogP contribution in [-0.4, -0.2) is 171 Å². The van der Waals surface area contributed by atoms with Gasteiger partial charge in [-0.05, 0) is 24.3 Å². The van der Waals surface area contributed by atoms with Gasteiger partial charge in [0.1, 0.15) is 62.4 Å². The molecule has 2 heterocycles. The van der Waals surface area contributed by atoms with Crippen LogP contribution in [0, 0.1) is 0 Å². The summed E-state index contributed by atoms with van der Waals surface area (Å²) < 4.78 is 22.0. The number of nitrogens with zero attached hydrogens (tertiary/aromatic N) is 1. The Morgan fingerprint density at radius 2 is 1.42 bits per heavy atom. The summed E-state index contributed by atoms with van der Waals surface area (Å²) in [7, 11) is 0. The van der Waals surface area contributed by atoms with E-state index in [0.717, 1.165) is 4.90 Å². The SMILES string of the molecule is C=CCO[C@@H]1O[C@H](C(=O)N(CC(=O)NCC(=O)O)c2ccc(NCC(=O)NCC(=O)O)cc2)[C@@H](O)[C@H](O[C@H]2O[C@H](CO)[C@@H](O)[C@H](O)[C@@H]2O)[C@H]1O. The molecular formula is C29H40N4O17. The van der Waals surface area contributed by atoms with Crippen molar-refractivity contribution >= 4 is 41.0 Å². The largest absolute Gasteiger partial charge is 0.480 e. The predicted octanol–water partition coefficient (Wildman–Crippen LogP) is -5.33. The van der Waals surface area contributed by atoms with Crippen molar-refractivity contribution in [1.29, 1.82) is 0 Å². The van der Waals surface area contributed by atoms with Crippen molar-refractivity contribution in [1.82, 2.24) is 10.6 Å². The summed E-state index contributed by atoms with van der Waals surface area (Å²) in [6, 6.07) is 5.41. The van der Waals surface area contributed by atoms with Gasteiger partial charge in [0.25, 0.3) is 5.91 Å². The van der Waals surface area contributed by atoms with Crippen LogP contribution in [0.2, 0.25) is 0 Å². The molecule has 21 heteroatoms. The van der Waals surface area contributed by atoms with Crippen molar-refractivity contribution in [3.05, 3.63) is 36.9 Å². The number of carbonyl (C=O) groups is 5. The van der Waals surface area contributed by atoms with Gasteiger partial charge in [-0.2, -0.15) is 0 Å². The number of benzene rings is 1. The molecule has 3 amide bonds. The molecule has 2 fully saturated rings. The number of amides is 3. The van der Waals surface area contributed by atoms with E-state index in [0.29, 0.717) is 5.69 Å². The van der Waals surface area contributed by atoms with E-state index < -0.39 is 117 Å². The smallest absolute Gasteiger partial charge is 0.322 e. The van der Waals surface area contributed by atoms with Gasteiger partial charge in [0.05, 0.1) is 19.8 Å². The van der Waals surface area contributed by atoms with Gasteiger partial charge < -0.3 is 80.6 Å². The lowest BCUT2D eigenvalue weighted by molar-refractivity contribution is -0.354. The molecule has 0 spiro atoms. The second-order valence-corrected chi connectivity index (χ2v) is 11.0. The number of hydrogen-bond acceptors (Lipinski definition) is 16.